The molecule has 5 rings (SSSR count). The smallest absolute Gasteiger partial charge is 0.275 e. The van der Waals surface area contributed by atoms with Crippen LogP contribution in [0.3, 0.4) is 0 Å². The van der Waals surface area contributed by atoms with Crippen LogP contribution in [0.25, 0.3) is 6.08 Å². The average Bonchev–Trinajstić information content (AvgIpc) is 3.24. The quantitative estimate of drug-likeness (QED) is 0.328. The van der Waals surface area contributed by atoms with Crippen molar-refractivity contribution < 1.29 is 18.4 Å². The lowest BCUT2D eigenvalue weighted by Gasteiger charge is -2.36. The average molecular weight is 607 g/mol. The van der Waals surface area contributed by atoms with E-state index < -0.39 is 24.3 Å². The Bertz CT molecular complexity index is 1390. The molecule has 4 aliphatic rings. The van der Waals surface area contributed by atoms with E-state index in [1.165, 1.54) is 17.1 Å². The van der Waals surface area contributed by atoms with Crippen LogP contribution in [-0.2, 0) is 9.59 Å². The molecule has 238 valence electrons. The highest BCUT2D eigenvalue weighted by Crippen LogP contribution is 2.47. The monoisotopic (exact) mass is 606 g/mol. The molecule has 1 aromatic rings. The van der Waals surface area contributed by atoms with E-state index in [2.05, 4.69) is 48.9 Å². The molecule has 3 aliphatic heterocycles. The van der Waals surface area contributed by atoms with Crippen LogP contribution in [0, 0.1) is 18.8 Å². The molecular weight excluding hydrogens is 558 g/mol. The molecule has 6 bridgehead atoms. The number of fused-ring (bicyclic) bond motifs is 7. The molecule has 1 aromatic carbocycles. The Labute approximate surface area is 261 Å². The summed E-state index contributed by atoms with van der Waals surface area (Å²) in [5.41, 5.74) is 9.80. The van der Waals surface area contributed by atoms with Crippen molar-refractivity contribution in [1.29, 1.82) is 0 Å². The van der Waals surface area contributed by atoms with Crippen molar-refractivity contribution in [2.75, 3.05) is 0 Å². The first-order chi connectivity index (χ1) is 20.9. The number of halogens is 2. The predicted molar refractivity (Wildman–Crippen MR) is 174 cm³/mol. The Kier molecular flexibility index (Phi) is 10.6. The minimum absolute atomic E-state index is 0.00753. The van der Waals surface area contributed by atoms with Crippen molar-refractivity contribution in [2.24, 2.45) is 22.6 Å². The largest absolute Gasteiger partial charge is 0.369 e. The number of nitrogens with one attached hydrogen (secondary N) is 1. The highest BCUT2D eigenvalue weighted by Gasteiger charge is 2.51. The summed E-state index contributed by atoms with van der Waals surface area (Å²) in [5.74, 6) is -3.65. The predicted octanol–water partition coefficient (Wildman–Crippen LogP) is 7.56. The van der Waals surface area contributed by atoms with Gasteiger partial charge in [0, 0.05) is 24.0 Å². The van der Waals surface area contributed by atoms with Crippen LogP contribution in [0.2, 0.25) is 0 Å². The minimum atomic E-state index is -3.21. The van der Waals surface area contributed by atoms with Crippen molar-refractivity contribution in [2.45, 2.75) is 110 Å². The molecule has 0 fully saturated rings. The van der Waals surface area contributed by atoms with E-state index in [4.69, 9.17) is 5.73 Å². The number of hydrogen-bond acceptors (Lipinski definition) is 4. The van der Waals surface area contributed by atoms with E-state index in [9.17, 15) is 9.59 Å². The third-order valence-corrected chi connectivity index (χ3v) is 9.56. The summed E-state index contributed by atoms with van der Waals surface area (Å²) in [6.07, 6.45) is 11.0. The van der Waals surface area contributed by atoms with Gasteiger partial charge in [-0.05, 0) is 85.3 Å². The van der Waals surface area contributed by atoms with Crippen LogP contribution < -0.4 is 11.1 Å². The van der Waals surface area contributed by atoms with Gasteiger partial charge in [-0.25, -0.2) is 13.8 Å². The van der Waals surface area contributed by atoms with Gasteiger partial charge >= 0.3 is 0 Å². The number of nitrogens with zero attached hydrogens (tertiary/aromatic N) is 2. The van der Waals surface area contributed by atoms with Crippen LogP contribution in [0.5, 0.6) is 0 Å². The van der Waals surface area contributed by atoms with Gasteiger partial charge in [0.1, 0.15) is 0 Å². The lowest BCUT2D eigenvalue weighted by atomic mass is 9.90. The fraction of sp³-hybridized carbons (Fsp3) is 0.528. The Morgan fingerprint density at radius 1 is 1.16 bits per heavy atom. The van der Waals surface area contributed by atoms with Crippen molar-refractivity contribution >= 4 is 23.8 Å². The first kappa shape index (κ1) is 33.3. The number of alkyl halides is 2. The summed E-state index contributed by atoms with van der Waals surface area (Å²) in [4.78, 5) is 32.8. The van der Waals surface area contributed by atoms with E-state index in [1.54, 1.807) is 0 Å². The van der Waals surface area contributed by atoms with E-state index in [0.717, 1.165) is 36.0 Å². The summed E-state index contributed by atoms with van der Waals surface area (Å²) in [5, 5.41) is 3.16. The molecule has 2 amide bonds. The molecule has 0 saturated carbocycles. The lowest BCUT2D eigenvalue weighted by molar-refractivity contribution is -0.130. The van der Waals surface area contributed by atoms with E-state index in [0.29, 0.717) is 30.8 Å². The molecule has 3 N–H and O–H groups in total. The number of amides is 2. The van der Waals surface area contributed by atoms with Crippen molar-refractivity contribution in [3.63, 3.8) is 0 Å². The molecule has 5 unspecified atom stereocenters. The number of aliphatic imine (C=N–C) groups is 1. The standard InChI is InChI=1S/C36H48F2N4O2/c1-7-22(3)13-18-30-28-19-26(16-14-24(28)5)11-9-10-12-27-20-32(43)42(35(39)40-27)31-21-36(37,38)29(33(31)23(4)8-2)17-15-25(6)34(44)41-30/h9,11,14-17,19,22-23,27,30-31H,6-8,10,12-13,18,20-21H2,1-5H3,(H2,39,40)(H,41,44)/b11-9-,17-15-. The Hall–Kier alpha value is -3.55. The molecule has 8 heteroatoms. The first-order valence-electron chi connectivity index (χ1n) is 16.1. The van der Waals surface area contributed by atoms with E-state index in [-0.39, 0.29) is 47.4 Å². The number of benzene rings is 1. The van der Waals surface area contributed by atoms with Crippen molar-refractivity contribution in [3.05, 3.63) is 76.4 Å². The Morgan fingerprint density at radius 3 is 2.59 bits per heavy atom. The highest BCUT2D eigenvalue weighted by molar-refractivity contribution is 5.99. The summed E-state index contributed by atoms with van der Waals surface area (Å²) in [6, 6.07) is 4.75. The van der Waals surface area contributed by atoms with Crippen molar-refractivity contribution in [3.8, 4) is 0 Å². The molecule has 44 heavy (non-hydrogen) atoms. The van der Waals surface area contributed by atoms with Crippen molar-refractivity contribution in [1.82, 2.24) is 10.2 Å². The molecule has 0 aromatic heterocycles. The third kappa shape index (κ3) is 7.39. The molecular formula is C36H48F2N4O2. The van der Waals surface area contributed by atoms with Gasteiger partial charge < -0.3 is 11.1 Å². The van der Waals surface area contributed by atoms with E-state index >= 15 is 8.78 Å². The molecule has 6 nitrogen and oxygen atoms in total. The maximum atomic E-state index is 15.7. The molecule has 0 radical (unpaired) electrons. The van der Waals surface area contributed by atoms with Crippen LogP contribution in [0.1, 0.15) is 102 Å². The van der Waals surface area contributed by atoms with E-state index in [1.807, 2.05) is 32.9 Å². The summed E-state index contributed by atoms with van der Waals surface area (Å²) in [6.45, 7) is 14.2. The number of guanidine groups is 1. The fourth-order valence-electron chi connectivity index (χ4n) is 6.46. The molecule has 0 spiro atoms. The zero-order valence-electron chi connectivity index (χ0n) is 26.8. The highest BCUT2D eigenvalue weighted by atomic mass is 19.3. The van der Waals surface area contributed by atoms with Gasteiger partial charge in [0.05, 0.1) is 18.1 Å². The lowest BCUT2D eigenvalue weighted by Crippen LogP contribution is -2.53. The second-order valence-corrected chi connectivity index (χ2v) is 12.8. The Balaban J connectivity index is 1.79. The number of aryl methyl sites for hydroxylation is 1. The van der Waals surface area contributed by atoms with Crippen LogP contribution in [-0.4, -0.2) is 40.7 Å². The minimum Gasteiger partial charge on any atom is -0.369 e. The molecule has 1 aliphatic carbocycles. The first-order valence-corrected chi connectivity index (χ1v) is 16.1. The number of nitrogens with two attached hydrogens (primary N) is 1. The third-order valence-electron chi connectivity index (χ3n) is 9.56. The summed E-state index contributed by atoms with van der Waals surface area (Å²) >= 11 is 0. The second kappa shape index (κ2) is 14.0. The number of carbonyl (C=O) groups excluding carboxylic acids is 2. The summed E-state index contributed by atoms with van der Waals surface area (Å²) < 4.78 is 31.5. The van der Waals surface area contributed by atoms with Crippen LogP contribution in [0.15, 0.2) is 64.7 Å². The van der Waals surface area contributed by atoms with Gasteiger partial charge in [0.25, 0.3) is 11.8 Å². The molecule has 5 atom stereocenters. The number of hydrogen-bond donors (Lipinski definition) is 2. The number of carbonyl (C=O) groups is 2. The molecule has 3 heterocycles. The van der Waals surface area contributed by atoms with Gasteiger partial charge in [0.15, 0.2) is 5.96 Å². The zero-order chi connectivity index (χ0) is 32.2. The number of rotatable bonds is 6. The van der Waals surface area contributed by atoms with Gasteiger partial charge in [-0.3, -0.25) is 14.5 Å². The Morgan fingerprint density at radius 2 is 1.91 bits per heavy atom. The fourth-order valence-corrected chi connectivity index (χ4v) is 6.46. The summed E-state index contributed by atoms with van der Waals surface area (Å²) in [7, 11) is 0. The zero-order valence-corrected chi connectivity index (χ0v) is 26.8. The van der Waals surface area contributed by atoms with Gasteiger partial charge in [0.2, 0.25) is 5.91 Å². The number of allylic oxidation sites excluding steroid dienone is 3. The maximum Gasteiger partial charge on any atom is 0.275 e. The van der Waals surface area contributed by atoms with Crippen LogP contribution >= 0.6 is 0 Å². The van der Waals surface area contributed by atoms with Gasteiger partial charge in [-0.15, -0.1) is 0 Å². The topological polar surface area (TPSA) is 87.8 Å². The van der Waals surface area contributed by atoms with Crippen LogP contribution in [0.4, 0.5) is 8.78 Å². The molecule has 0 saturated heterocycles. The van der Waals surface area contributed by atoms with Gasteiger partial charge in [-0.1, -0.05) is 71.1 Å². The second-order valence-electron chi connectivity index (χ2n) is 12.8. The SMILES string of the molecule is C=C1/C=C\C2=C(C(C)CC)C(CC2(F)F)N2C(=O)CC(CC/C=C\c3ccc(C)c(c3)C(CCC(C)CC)NC1=O)N=C2N. The normalized spacial score (nSPS) is 27.1. The van der Waals surface area contributed by atoms with Gasteiger partial charge in [-0.2, -0.15) is 0 Å². The maximum absolute atomic E-state index is 15.7.